The summed E-state index contributed by atoms with van der Waals surface area (Å²) in [6.07, 6.45) is 6.49. The lowest BCUT2D eigenvalue weighted by atomic mass is 10.3. The van der Waals surface area contributed by atoms with Gasteiger partial charge in [-0.05, 0) is 19.9 Å². The Bertz CT molecular complexity index is 187. The minimum absolute atomic E-state index is 0.301. The largest absolute Gasteiger partial charge is 0.357 e. The third kappa shape index (κ3) is 5.54. The van der Waals surface area contributed by atoms with E-state index in [1.165, 1.54) is 0 Å². The van der Waals surface area contributed by atoms with Crippen molar-refractivity contribution in [1.29, 1.82) is 0 Å². The third-order valence-electron chi connectivity index (χ3n) is 1.95. The Morgan fingerprint density at radius 2 is 2.21 bits per heavy atom. The molecule has 0 aromatic carbocycles. The number of hydrogen-bond acceptors (Lipinski definition) is 2. The molecule has 80 valence electrons. The summed E-state index contributed by atoms with van der Waals surface area (Å²) in [6, 6.07) is 0.301. The average Bonchev–Trinajstić information content (AvgIpc) is 2.22. The Hall–Kier alpha value is -1.09. The molecule has 0 aliphatic heterocycles. The van der Waals surface area contributed by atoms with Gasteiger partial charge >= 0.3 is 0 Å². The molecule has 0 rings (SSSR count). The zero-order valence-corrected chi connectivity index (χ0v) is 9.02. The highest BCUT2D eigenvalue weighted by molar-refractivity contribution is 5.56. The van der Waals surface area contributed by atoms with Gasteiger partial charge in [-0.25, -0.2) is 0 Å². The first-order valence-corrected chi connectivity index (χ1v) is 4.95. The van der Waals surface area contributed by atoms with Gasteiger partial charge in [-0.1, -0.05) is 12.2 Å². The summed E-state index contributed by atoms with van der Waals surface area (Å²) in [6.45, 7) is 11.7. The quantitative estimate of drug-likeness (QED) is 0.361. The minimum atomic E-state index is 0.301. The van der Waals surface area contributed by atoms with Gasteiger partial charge in [-0.2, -0.15) is 0 Å². The van der Waals surface area contributed by atoms with E-state index in [2.05, 4.69) is 30.0 Å². The van der Waals surface area contributed by atoms with Crippen LogP contribution in [-0.4, -0.2) is 36.9 Å². The van der Waals surface area contributed by atoms with Crippen molar-refractivity contribution in [3.8, 4) is 0 Å². The second-order valence-corrected chi connectivity index (χ2v) is 3.13. The van der Waals surface area contributed by atoms with Crippen LogP contribution in [0.2, 0.25) is 0 Å². The monoisotopic (exact) mass is 195 g/mol. The van der Waals surface area contributed by atoms with Crippen molar-refractivity contribution < 1.29 is 0 Å². The molecule has 1 unspecified atom stereocenters. The molecule has 1 atom stereocenters. The molecule has 0 spiro atoms. The highest BCUT2D eigenvalue weighted by atomic mass is 15.2. The molecule has 3 heteroatoms. The molecular weight excluding hydrogens is 174 g/mol. The van der Waals surface area contributed by atoms with Crippen molar-refractivity contribution >= 4 is 6.34 Å². The van der Waals surface area contributed by atoms with Gasteiger partial charge in [0, 0.05) is 12.6 Å². The van der Waals surface area contributed by atoms with Crippen LogP contribution in [0.4, 0.5) is 0 Å². The molecule has 0 heterocycles. The highest BCUT2D eigenvalue weighted by Gasteiger charge is 2.04. The first kappa shape index (κ1) is 12.9. The second-order valence-electron chi connectivity index (χ2n) is 3.13. The van der Waals surface area contributed by atoms with Crippen molar-refractivity contribution in [2.24, 2.45) is 10.7 Å². The maximum atomic E-state index is 5.46. The molecule has 0 saturated carbocycles. The van der Waals surface area contributed by atoms with Crippen molar-refractivity contribution in [3.63, 3.8) is 0 Å². The summed E-state index contributed by atoms with van der Waals surface area (Å²) < 4.78 is 0. The average molecular weight is 195 g/mol. The Labute approximate surface area is 87.0 Å². The van der Waals surface area contributed by atoms with Crippen LogP contribution in [0.3, 0.4) is 0 Å². The van der Waals surface area contributed by atoms with Gasteiger partial charge < -0.3 is 10.6 Å². The smallest absolute Gasteiger partial charge is 0.0858 e. The van der Waals surface area contributed by atoms with E-state index in [9.17, 15) is 0 Å². The summed E-state index contributed by atoms with van der Waals surface area (Å²) in [5, 5.41) is 0. The first-order valence-electron chi connectivity index (χ1n) is 4.95. The lowest BCUT2D eigenvalue weighted by Gasteiger charge is -2.24. The van der Waals surface area contributed by atoms with Crippen molar-refractivity contribution in [2.45, 2.75) is 19.4 Å². The van der Waals surface area contributed by atoms with E-state index in [4.69, 9.17) is 5.73 Å². The lowest BCUT2D eigenvalue weighted by Crippen LogP contribution is -2.32. The lowest BCUT2D eigenvalue weighted by molar-refractivity contribution is 0.383. The molecule has 0 aliphatic carbocycles. The molecule has 0 aliphatic rings. The fourth-order valence-electron chi connectivity index (χ4n) is 1.00. The molecular formula is C11H21N3. The van der Waals surface area contributed by atoms with E-state index in [1.807, 2.05) is 12.4 Å². The van der Waals surface area contributed by atoms with Gasteiger partial charge in [0.25, 0.3) is 0 Å². The standard InChI is InChI=1S/C11H21N3/c1-4-8-13-10-14(9-6-7-12)11(3)5-2/h4-5,10-11H,1-2,6-9,12H2,3H3. The van der Waals surface area contributed by atoms with Gasteiger partial charge in [0.1, 0.15) is 0 Å². The molecule has 0 aromatic rings. The first-order chi connectivity index (χ1) is 6.76. The zero-order valence-electron chi connectivity index (χ0n) is 9.02. The van der Waals surface area contributed by atoms with Gasteiger partial charge in [0.15, 0.2) is 0 Å². The number of nitrogens with zero attached hydrogens (tertiary/aromatic N) is 2. The Morgan fingerprint density at radius 3 is 2.71 bits per heavy atom. The fraction of sp³-hybridized carbons (Fsp3) is 0.545. The van der Waals surface area contributed by atoms with E-state index < -0.39 is 0 Å². The molecule has 2 N–H and O–H groups in total. The summed E-state index contributed by atoms with van der Waals surface area (Å²) >= 11 is 0. The summed E-state index contributed by atoms with van der Waals surface area (Å²) in [4.78, 5) is 6.33. The van der Waals surface area contributed by atoms with Crippen molar-refractivity contribution in [1.82, 2.24) is 4.90 Å². The zero-order chi connectivity index (χ0) is 10.8. The van der Waals surface area contributed by atoms with Crippen LogP contribution in [0.15, 0.2) is 30.3 Å². The van der Waals surface area contributed by atoms with Gasteiger partial charge in [-0.3, -0.25) is 4.99 Å². The molecule has 0 fully saturated rings. The maximum Gasteiger partial charge on any atom is 0.0858 e. The van der Waals surface area contributed by atoms with E-state index in [1.54, 1.807) is 6.08 Å². The highest BCUT2D eigenvalue weighted by Crippen LogP contribution is 1.98. The van der Waals surface area contributed by atoms with E-state index in [0.717, 1.165) is 13.0 Å². The van der Waals surface area contributed by atoms with Crippen LogP contribution in [0.1, 0.15) is 13.3 Å². The van der Waals surface area contributed by atoms with E-state index in [0.29, 0.717) is 19.1 Å². The van der Waals surface area contributed by atoms with Gasteiger partial charge in [-0.15, -0.1) is 13.2 Å². The van der Waals surface area contributed by atoms with Crippen LogP contribution < -0.4 is 5.73 Å². The predicted molar refractivity (Wildman–Crippen MR) is 63.6 cm³/mol. The minimum Gasteiger partial charge on any atom is -0.357 e. The van der Waals surface area contributed by atoms with Crippen LogP contribution in [0, 0.1) is 0 Å². The predicted octanol–water partition coefficient (Wildman–Crippen LogP) is 1.43. The number of hydrogen-bond donors (Lipinski definition) is 1. The van der Waals surface area contributed by atoms with Gasteiger partial charge in [0.2, 0.25) is 0 Å². The van der Waals surface area contributed by atoms with E-state index in [-0.39, 0.29) is 0 Å². The van der Waals surface area contributed by atoms with Gasteiger partial charge in [0.05, 0.1) is 12.9 Å². The topological polar surface area (TPSA) is 41.6 Å². The molecule has 14 heavy (non-hydrogen) atoms. The number of nitrogens with two attached hydrogens (primary N) is 1. The molecule has 0 saturated heterocycles. The maximum absolute atomic E-state index is 5.46. The molecule has 0 radical (unpaired) electrons. The Balaban J connectivity index is 4.08. The van der Waals surface area contributed by atoms with Crippen molar-refractivity contribution in [2.75, 3.05) is 19.6 Å². The summed E-state index contributed by atoms with van der Waals surface area (Å²) in [5.41, 5.74) is 5.46. The number of aliphatic imine (C=N–C) groups is 1. The van der Waals surface area contributed by atoms with Crippen LogP contribution in [0.5, 0.6) is 0 Å². The van der Waals surface area contributed by atoms with Crippen LogP contribution in [-0.2, 0) is 0 Å². The SMILES string of the molecule is C=CCN=CN(CCCN)C(C)C=C. The number of rotatable bonds is 8. The van der Waals surface area contributed by atoms with Crippen molar-refractivity contribution in [3.05, 3.63) is 25.3 Å². The Kier molecular flexibility index (Phi) is 7.84. The second kappa shape index (κ2) is 8.51. The Morgan fingerprint density at radius 1 is 1.50 bits per heavy atom. The fourth-order valence-corrected chi connectivity index (χ4v) is 1.00. The van der Waals surface area contributed by atoms with Crippen LogP contribution in [0.25, 0.3) is 0 Å². The normalized spacial score (nSPS) is 12.7. The molecule has 3 nitrogen and oxygen atoms in total. The molecule has 0 aromatic heterocycles. The van der Waals surface area contributed by atoms with E-state index >= 15 is 0 Å². The molecule has 0 amide bonds. The third-order valence-corrected chi connectivity index (χ3v) is 1.95. The molecule has 0 bridgehead atoms. The summed E-state index contributed by atoms with van der Waals surface area (Å²) in [5.74, 6) is 0. The summed E-state index contributed by atoms with van der Waals surface area (Å²) in [7, 11) is 0. The van der Waals surface area contributed by atoms with Crippen LogP contribution >= 0.6 is 0 Å².